The lowest BCUT2D eigenvalue weighted by Gasteiger charge is -2.29. The van der Waals surface area contributed by atoms with Gasteiger partial charge in [0.2, 0.25) is 5.91 Å². The summed E-state index contributed by atoms with van der Waals surface area (Å²) >= 11 is 1.49. The molecule has 0 aliphatic carbocycles. The van der Waals surface area contributed by atoms with Gasteiger partial charge < -0.3 is 19.7 Å². The van der Waals surface area contributed by atoms with Crippen LogP contribution in [0.3, 0.4) is 0 Å². The van der Waals surface area contributed by atoms with Crippen LogP contribution in [-0.4, -0.2) is 59.1 Å². The largest absolute Gasteiger partial charge is 0.448 e. The Balaban J connectivity index is 1.63. The van der Waals surface area contributed by atoms with E-state index in [4.69, 9.17) is 9.47 Å². The number of hydrogen-bond acceptors (Lipinski definition) is 6. The number of nitrogens with one attached hydrogen (secondary N) is 1. The summed E-state index contributed by atoms with van der Waals surface area (Å²) in [4.78, 5) is 49.4. The lowest BCUT2D eigenvalue weighted by molar-refractivity contribution is -0.134. The monoisotopic (exact) mass is 501 g/mol. The molecule has 1 atom stereocenters. The number of rotatable bonds is 5. The van der Waals surface area contributed by atoms with Gasteiger partial charge in [-0.15, -0.1) is 0 Å². The van der Waals surface area contributed by atoms with Crippen molar-refractivity contribution in [2.75, 3.05) is 31.1 Å². The Labute approximate surface area is 175 Å². The van der Waals surface area contributed by atoms with Gasteiger partial charge in [0.25, 0.3) is 5.91 Å². The first kappa shape index (κ1) is 20.4. The molecular formula is C18H20IN3O6. The van der Waals surface area contributed by atoms with E-state index in [-0.39, 0.29) is 31.1 Å². The van der Waals surface area contributed by atoms with Gasteiger partial charge in [-0.05, 0) is 29.7 Å². The van der Waals surface area contributed by atoms with E-state index < -0.39 is 10.1 Å². The number of amides is 3. The maximum absolute atomic E-state index is 12.2. The summed E-state index contributed by atoms with van der Waals surface area (Å²) in [5, 5.41) is 2.65. The molecule has 2 heterocycles. The number of carbonyl (C=O) groups is 4. The fraction of sp³-hybridized carbons (Fsp3) is 0.444. The summed E-state index contributed by atoms with van der Waals surface area (Å²) in [5.74, 6) is -0.403. The topological polar surface area (TPSA) is 105 Å². The summed E-state index contributed by atoms with van der Waals surface area (Å²) in [6.45, 7) is 2.75. The molecule has 3 amide bonds. The van der Waals surface area contributed by atoms with E-state index in [1.54, 1.807) is 9.80 Å². The average Bonchev–Trinajstić information content (AvgIpc) is 3.04. The maximum atomic E-state index is 12.2. The second-order valence-electron chi connectivity index (χ2n) is 6.60. The second kappa shape index (κ2) is 8.76. The molecule has 1 aromatic rings. The predicted octanol–water partition coefficient (Wildman–Crippen LogP) is 1.60. The number of anilines is 1. The van der Waals surface area contributed by atoms with Crippen LogP contribution in [0.15, 0.2) is 18.2 Å². The van der Waals surface area contributed by atoms with Gasteiger partial charge in [0.05, 0.1) is 35.7 Å². The van der Waals surface area contributed by atoms with E-state index in [0.717, 1.165) is 16.8 Å². The number of carbonyl (C=O) groups excluding carboxylic acids is 4. The highest BCUT2D eigenvalue weighted by Crippen LogP contribution is 2.27. The molecule has 150 valence electrons. The highest BCUT2D eigenvalue weighted by Gasteiger charge is 2.33. The van der Waals surface area contributed by atoms with Crippen molar-refractivity contribution in [1.29, 1.82) is 0 Å². The predicted molar refractivity (Wildman–Crippen MR) is 107 cm³/mol. The molecule has 1 unspecified atom stereocenters. The van der Waals surface area contributed by atoms with Gasteiger partial charge >= 0.3 is 10.1 Å². The van der Waals surface area contributed by atoms with Crippen LogP contribution in [0.2, 0.25) is 0 Å². The quantitative estimate of drug-likeness (QED) is 0.486. The zero-order valence-electron chi connectivity index (χ0n) is 15.3. The number of cyclic esters (lactones) is 1. The summed E-state index contributed by atoms with van der Waals surface area (Å²) < 4.78 is 9.54. The highest BCUT2D eigenvalue weighted by molar-refractivity contribution is 14.1. The Kier molecular flexibility index (Phi) is 6.37. The molecule has 1 aromatic carbocycles. The molecule has 0 saturated carbocycles. The molecular weight excluding hydrogens is 481 g/mol. The van der Waals surface area contributed by atoms with E-state index in [0.29, 0.717) is 26.1 Å². The number of halogens is 1. The van der Waals surface area contributed by atoms with Crippen LogP contribution in [0.25, 0.3) is 0 Å². The number of nitrogens with zero attached hydrogens (tertiary/aromatic N) is 2. The molecule has 10 heteroatoms. The highest BCUT2D eigenvalue weighted by atomic mass is 127. The number of fused-ring (bicyclic) bond motifs is 1. The van der Waals surface area contributed by atoms with Gasteiger partial charge in [-0.1, -0.05) is 6.07 Å². The van der Waals surface area contributed by atoms with Gasteiger partial charge in [0.15, 0.2) is 6.61 Å². The van der Waals surface area contributed by atoms with Crippen LogP contribution in [-0.2, 0) is 32.0 Å². The van der Waals surface area contributed by atoms with Crippen molar-refractivity contribution >= 4 is 50.2 Å². The van der Waals surface area contributed by atoms with Gasteiger partial charge in [0, 0.05) is 25.7 Å². The molecule has 1 saturated heterocycles. The third kappa shape index (κ3) is 4.91. The molecule has 0 radical (unpaired) electrons. The van der Waals surface area contributed by atoms with Crippen molar-refractivity contribution in [3.8, 4) is 0 Å². The molecule has 0 bridgehead atoms. The molecule has 2 aliphatic heterocycles. The van der Waals surface area contributed by atoms with E-state index in [1.807, 2.05) is 18.2 Å². The SMILES string of the molecule is CC(=O)NCC1CN(c2ccc3c(c2)CCN(C(=O)COC(=O)I)C3)C(=O)O1. The molecule has 3 rings (SSSR count). The molecule has 2 aliphatic rings. The van der Waals surface area contributed by atoms with E-state index in [9.17, 15) is 19.2 Å². The van der Waals surface area contributed by atoms with E-state index in [1.165, 1.54) is 29.5 Å². The Morgan fingerprint density at radius 1 is 1.32 bits per heavy atom. The fourth-order valence-electron chi connectivity index (χ4n) is 3.23. The van der Waals surface area contributed by atoms with E-state index >= 15 is 0 Å². The lowest BCUT2D eigenvalue weighted by atomic mass is 9.98. The van der Waals surface area contributed by atoms with Crippen LogP contribution in [0.5, 0.6) is 0 Å². The lowest BCUT2D eigenvalue weighted by Crippen LogP contribution is -2.38. The van der Waals surface area contributed by atoms with Crippen LogP contribution in [0, 0.1) is 0 Å². The van der Waals surface area contributed by atoms with Crippen LogP contribution in [0.1, 0.15) is 18.1 Å². The van der Waals surface area contributed by atoms with Gasteiger partial charge in [-0.3, -0.25) is 14.5 Å². The van der Waals surface area contributed by atoms with Gasteiger partial charge in [-0.25, -0.2) is 9.59 Å². The first-order chi connectivity index (χ1) is 13.3. The van der Waals surface area contributed by atoms with Crippen LogP contribution < -0.4 is 10.2 Å². The normalized spacial score (nSPS) is 18.4. The van der Waals surface area contributed by atoms with Gasteiger partial charge in [-0.2, -0.15) is 0 Å². The molecule has 1 fully saturated rings. The van der Waals surface area contributed by atoms with Crippen molar-refractivity contribution in [3.05, 3.63) is 29.3 Å². The summed E-state index contributed by atoms with van der Waals surface area (Å²) in [7, 11) is 0. The Hall–Kier alpha value is -2.37. The average molecular weight is 501 g/mol. The zero-order chi connectivity index (χ0) is 20.3. The van der Waals surface area contributed by atoms with Crippen LogP contribution in [0.4, 0.5) is 15.3 Å². The van der Waals surface area contributed by atoms with Crippen LogP contribution >= 0.6 is 22.6 Å². The fourth-order valence-corrected chi connectivity index (χ4v) is 3.38. The Morgan fingerprint density at radius 2 is 2.11 bits per heavy atom. The van der Waals surface area contributed by atoms with Crippen molar-refractivity contribution in [2.45, 2.75) is 26.0 Å². The smallest absolute Gasteiger partial charge is 0.414 e. The first-order valence-corrected chi connectivity index (χ1v) is 9.86. The number of ether oxygens (including phenoxy) is 2. The summed E-state index contributed by atoms with van der Waals surface area (Å²) in [6.07, 6.45) is -0.185. The molecule has 1 N–H and O–H groups in total. The molecule has 0 spiro atoms. The maximum Gasteiger partial charge on any atom is 0.414 e. The summed E-state index contributed by atoms with van der Waals surface area (Å²) in [5.41, 5.74) is 2.78. The van der Waals surface area contributed by atoms with Gasteiger partial charge in [0.1, 0.15) is 6.10 Å². The third-order valence-electron chi connectivity index (χ3n) is 4.63. The minimum absolute atomic E-state index is 0.171. The molecule has 9 nitrogen and oxygen atoms in total. The second-order valence-corrected chi connectivity index (χ2v) is 7.48. The molecule has 28 heavy (non-hydrogen) atoms. The molecule has 0 aromatic heterocycles. The van der Waals surface area contributed by atoms with E-state index in [2.05, 4.69) is 5.32 Å². The third-order valence-corrected chi connectivity index (χ3v) is 4.94. The standard InChI is InChI=1S/C18H20IN3O6/c1-11(23)20-7-15-9-22(18(26)28-15)14-3-2-13-8-21(5-4-12(13)6-14)16(24)10-27-17(19)25/h2-3,6,15H,4-5,7-10H2,1H3,(H,20,23). The number of benzene rings is 1. The minimum atomic E-state index is -0.512. The first-order valence-electron chi connectivity index (χ1n) is 8.78. The Bertz CT molecular complexity index is 815. The van der Waals surface area contributed by atoms with Crippen molar-refractivity contribution in [1.82, 2.24) is 10.2 Å². The van der Waals surface area contributed by atoms with Crippen molar-refractivity contribution in [2.24, 2.45) is 0 Å². The van der Waals surface area contributed by atoms with Crippen molar-refractivity contribution in [3.63, 3.8) is 0 Å². The Morgan fingerprint density at radius 3 is 2.82 bits per heavy atom. The summed E-state index contributed by atoms with van der Waals surface area (Å²) in [6, 6.07) is 5.65. The zero-order valence-corrected chi connectivity index (χ0v) is 17.4. The number of hydrogen-bond donors (Lipinski definition) is 1. The van der Waals surface area contributed by atoms with Crippen molar-refractivity contribution < 1.29 is 28.7 Å². The minimum Gasteiger partial charge on any atom is -0.448 e.